The van der Waals surface area contributed by atoms with Gasteiger partial charge < -0.3 is 15.4 Å². The molecule has 0 bridgehead atoms. The number of nitro benzene ring substituents is 1. The van der Waals surface area contributed by atoms with Crippen LogP contribution in [-0.2, 0) is 4.79 Å². The lowest BCUT2D eigenvalue weighted by molar-refractivity contribution is -0.386. The molecule has 1 atom stereocenters. The fourth-order valence-electron chi connectivity index (χ4n) is 1.43. The second-order valence-electron chi connectivity index (χ2n) is 4.02. The van der Waals surface area contributed by atoms with E-state index >= 15 is 0 Å². The summed E-state index contributed by atoms with van der Waals surface area (Å²) in [5, 5.41) is 16.6. The van der Waals surface area contributed by atoms with Crippen LogP contribution < -0.4 is 15.4 Å². The Morgan fingerprint density at radius 2 is 2.14 bits per heavy atom. The van der Waals surface area contributed by atoms with Crippen molar-refractivity contribution in [3.8, 4) is 5.75 Å². The number of carbonyl (C=O) groups is 1. The fraction of sp³-hybridized carbons (Fsp3) is 0.417. The average molecular weight is 338 g/mol. The summed E-state index contributed by atoms with van der Waals surface area (Å²) in [5.41, 5.74) is -0.271. The first-order valence-corrected chi connectivity index (χ1v) is 6.36. The van der Waals surface area contributed by atoms with Crippen molar-refractivity contribution in [3.05, 3.63) is 33.3 Å². The van der Waals surface area contributed by atoms with Crippen molar-refractivity contribution < 1.29 is 14.5 Å². The second kappa shape index (κ2) is 9.38. The van der Waals surface area contributed by atoms with Crippen LogP contribution >= 0.6 is 24.0 Å². The van der Waals surface area contributed by atoms with E-state index in [1.165, 1.54) is 25.1 Å². The number of halogens is 2. The minimum Gasteiger partial charge on any atom is -0.474 e. The van der Waals surface area contributed by atoms with Crippen LogP contribution in [0.25, 0.3) is 0 Å². The number of ether oxygens (including phenoxy) is 1. The van der Waals surface area contributed by atoms with Gasteiger partial charge in [-0.25, -0.2) is 0 Å². The molecule has 21 heavy (non-hydrogen) atoms. The van der Waals surface area contributed by atoms with Crippen molar-refractivity contribution in [1.82, 2.24) is 10.6 Å². The van der Waals surface area contributed by atoms with Crippen LogP contribution in [0.3, 0.4) is 0 Å². The second-order valence-corrected chi connectivity index (χ2v) is 4.46. The summed E-state index contributed by atoms with van der Waals surface area (Å²) < 4.78 is 5.32. The fourth-order valence-corrected chi connectivity index (χ4v) is 1.60. The van der Waals surface area contributed by atoms with Crippen LogP contribution in [0.15, 0.2) is 18.2 Å². The van der Waals surface area contributed by atoms with Crippen molar-refractivity contribution in [1.29, 1.82) is 0 Å². The zero-order chi connectivity index (χ0) is 15.1. The molecule has 0 saturated heterocycles. The third-order valence-electron chi connectivity index (χ3n) is 2.46. The van der Waals surface area contributed by atoms with Crippen LogP contribution in [0, 0.1) is 10.1 Å². The Morgan fingerprint density at radius 1 is 1.48 bits per heavy atom. The number of likely N-dealkylation sites (N-methyl/N-ethyl adjacent to an activating group) is 1. The van der Waals surface area contributed by atoms with Crippen LogP contribution in [0.1, 0.15) is 6.92 Å². The molecule has 118 valence electrons. The number of hydrogen-bond donors (Lipinski definition) is 2. The summed E-state index contributed by atoms with van der Waals surface area (Å²) in [5.74, 6) is -0.333. The number of nitrogens with one attached hydrogen (secondary N) is 2. The van der Waals surface area contributed by atoms with E-state index in [1.54, 1.807) is 7.05 Å². The van der Waals surface area contributed by atoms with Gasteiger partial charge in [0.1, 0.15) is 0 Å². The molecule has 1 amide bonds. The summed E-state index contributed by atoms with van der Waals surface area (Å²) >= 11 is 5.70. The van der Waals surface area contributed by atoms with Crippen LogP contribution in [-0.4, -0.2) is 37.1 Å². The minimum atomic E-state index is -0.841. The summed E-state index contributed by atoms with van der Waals surface area (Å²) in [6.07, 6.45) is -0.841. The molecule has 0 aliphatic carbocycles. The van der Waals surface area contributed by atoms with Crippen LogP contribution in [0.2, 0.25) is 5.02 Å². The van der Waals surface area contributed by atoms with Gasteiger partial charge in [-0.15, -0.1) is 12.4 Å². The highest BCUT2D eigenvalue weighted by molar-refractivity contribution is 6.30. The maximum atomic E-state index is 11.7. The van der Waals surface area contributed by atoms with Crippen LogP contribution in [0.4, 0.5) is 5.69 Å². The topological polar surface area (TPSA) is 93.5 Å². The molecule has 9 heteroatoms. The van der Waals surface area contributed by atoms with Crippen molar-refractivity contribution in [2.75, 3.05) is 20.1 Å². The van der Waals surface area contributed by atoms with Gasteiger partial charge in [0.2, 0.25) is 0 Å². The SMILES string of the molecule is CNCCNC(=O)C(C)Oc1ccc(Cl)cc1[N+](=O)[O-].Cl. The van der Waals surface area contributed by atoms with E-state index in [2.05, 4.69) is 10.6 Å². The summed E-state index contributed by atoms with van der Waals surface area (Å²) in [4.78, 5) is 22.0. The van der Waals surface area contributed by atoms with Crippen molar-refractivity contribution in [3.63, 3.8) is 0 Å². The van der Waals surface area contributed by atoms with Crippen LogP contribution in [0.5, 0.6) is 5.75 Å². The van der Waals surface area contributed by atoms with Gasteiger partial charge in [0.25, 0.3) is 5.91 Å². The predicted octanol–water partition coefficient (Wildman–Crippen LogP) is 1.77. The van der Waals surface area contributed by atoms with E-state index in [9.17, 15) is 14.9 Å². The van der Waals surface area contributed by atoms with E-state index in [-0.39, 0.29) is 34.8 Å². The number of hydrogen-bond acceptors (Lipinski definition) is 5. The highest BCUT2D eigenvalue weighted by Gasteiger charge is 2.21. The Bertz CT molecular complexity index is 499. The van der Waals surface area contributed by atoms with Gasteiger partial charge in [-0.1, -0.05) is 11.6 Å². The smallest absolute Gasteiger partial charge is 0.312 e. The largest absolute Gasteiger partial charge is 0.474 e. The molecule has 7 nitrogen and oxygen atoms in total. The third-order valence-corrected chi connectivity index (χ3v) is 2.70. The zero-order valence-corrected chi connectivity index (χ0v) is 13.2. The summed E-state index contributed by atoms with van der Waals surface area (Å²) in [6.45, 7) is 2.60. The summed E-state index contributed by atoms with van der Waals surface area (Å²) in [7, 11) is 1.77. The maximum Gasteiger partial charge on any atom is 0.312 e. The predicted molar refractivity (Wildman–Crippen MR) is 82.4 cm³/mol. The molecule has 0 fully saturated rings. The normalized spacial score (nSPS) is 11.2. The third kappa shape index (κ3) is 6.16. The maximum absolute atomic E-state index is 11.7. The molecule has 0 heterocycles. The van der Waals surface area contributed by atoms with E-state index in [1.807, 2.05) is 0 Å². The van der Waals surface area contributed by atoms with Crippen molar-refractivity contribution in [2.24, 2.45) is 0 Å². The quantitative estimate of drug-likeness (QED) is 0.449. The van der Waals surface area contributed by atoms with E-state index in [4.69, 9.17) is 16.3 Å². The Kier molecular flexibility index (Phi) is 8.68. The first-order chi connectivity index (χ1) is 9.45. The number of nitro groups is 1. The molecule has 1 unspecified atom stereocenters. The molecule has 2 N–H and O–H groups in total. The van der Waals surface area contributed by atoms with E-state index < -0.39 is 11.0 Å². The minimum absolute atomic E-state index is 0. The number of benzene rings is 1. The monoisotopic (exact) mass is 337 g/mol. The lowest BCUT2D eigenvalue weighted by Gasteiger charge is -2.14. The number of carbonyl (C=O) groups excluding carboxylic acids is 1. The molecule has 1 aromatic carbocycles. The van der Waals surface area contributed by atoms with Gasteiger partial charge in [-0.3, -0.25) is 14.9 Å². The highest BCUT2D eigenvalue weighted by Crippen LogP contribution is 2.30. The van der Waals surface area contributed by atoms with Crippen molar-refractivity contribution in [2.45, 2.75) is 13.0 Å². The van der Waals surface area contributed by atoms with Crippen molar-refractivity contribution >= 4 is 35.6 Å². The average Bonchev–Trinajstić information content (AvgIpc) is 2.40. The molecule has 1 rings (SSSR count). The van der Waals surface area contributed by atoms with Gasteiger partial charge in [0.15, 0.2) is 11.9 Å². The molecule has 0 aliphatic heterocycles. The molecular formula is C12H17Cl2N3O4. The Morgan fingerprint density at radius 3 is 2.71 bits per heavy atom. The molecule has 0 radical (unpaired) electrons. The highest BCUT2D eigenvalue weighted by atomic mass is 35.5. The van der Waals surface area contributed by atoms with Gasteiger partial charge >= 0.3 is 5.69 Å². The summed E-state index contributed by atoms with van der Waals surface area (Å²) in [6, 6.07) is 4.02. The van der Waals surface area contributed by atoms with Gasteiger partial charge in [0.05, 0.1) is 4.92 Å². The first-order valence-electron chi connectivity index (χ1n) is 5.98. The zero-order valence-electron chi connectivity index (χ0n) is 11.6. The van der Waals surface area contributed by atoms with Gasteiger partial charge in [-0.05, 0) is 26.1 Å². The molecule has 1 aromatic rings. The standard InChI is InChI=1S/C12H16ClN3O4.ClH/c1-8(12(17)15-6-5-14-2)20-11-4-3-9(13)7-10(11)16(18)19;/h3-4,7-8,14H,5-6H2,1-2H3,(H,15,17);1H. The van der Waals surface area contributed by atoms with Gasteiger partial charge in [0, 0.05) is 24.2 Å². The molecule has 0 saturated carbocycles. The number of amides is 1. The number of rotatable bonds is 7. The molecule has 0 aromatic heterocycles. The Balaban J connectivity index is 0.00000400. The van der Waals surface area contributed by atoms with E-state index in [0.29, 0.717) is 13.1 Å². The lowest BCUT2D eigenvalue weighted by Crippen LogP contribution is -2.39. The molecular weight excluding hydrogens is 321 g/mol. The Hall–Kier alpha value is -1.57. The lowest BCUT2D eigenvalue weighted by atomic mass is 10.3. The first kappa shape index (κ1) is 19.4. The Labute approximate surface area is 133 Å². The molecule has 0 spiro atoms. The molecule has 0 aliphatic rings. The van der Waals surface area contributed by atoms with E-state index in [0.717, 1.165) is 0 Å². The van der Waals surface area contributed by atoms with Gasteiger partial charge in [-0.2, -0.15) is 0 Å². The number of nitrogens with zero attached hydrogens (tertiary/aromatic N) is 1.